The van der Waals surface area contributed by atoms with E-state index < -0.39 is 0 Å². The largest absolute Gasteiger partial charge is 0.384 e. The number of piperidine rings is 1. The van der Waals surface area contributed by atoms with Crippen molar-refractivity contribution in [2.45, 2.75) is 39.3 Å². The highest BCUT2D eigenvalue weighted by molar-refractivity contribution is 5.47. The second-order valence-corrected chi connectivity index (χ2v) is 6.09. The summed E-state index contributed by atoms with van der Waals surface area (Å²) in [7, 11) is 1.80. The molecule has 0 spiro atoms. The molecule has 1 heterocycles. The van der Waals surface area contributed by atoms with Gasteiger partial charge in [0.2, 0.25) is 0 Å². The zero-order valence-electron chi connectivity index (χ0n) is 13.1. The van der Waals surface area contributed by atoms with E-state index in [4.69, 9.17) is 4.74 Å². The Hall–Kier alpha value is -1.06. The van der Waals surface area contributed by atoms with Gasteiger partial charge in [-0.3, -0.25) is 0 Å². The predicted octanol–water partition coefficient (Wildman–Crippen LogP) is 3.05. The van der Waals surface area contributed by atoms with Crippen molar-refractivity contribution >= 4 is 5.69 Å². The molecule has 0 aliphatic carbocycles. The molecule has 0 amide bonds. The van der Waals surface area contributed by atoms with E-state index in [1.165, 1.54) is 24.1 Å². The van der Waals surface area contributed by atoms with Crippen molar-refractivity contribution in [3.63, 3.8) is 0 Å². The van der Waals surface area contributed by atoms with E-state index in [-0.39, 0.29) is 0 Å². The Morgan fingerprint density at radius 1 is 1.20 bits per heavy atom. The van der Waals surface area contributed by atoms with Crippen LogP contribution in [0.2, 0.25) is 0 Å². The van der Waals surface area contributed by atoms with Gasteiger partial charge in [-0.25, -0.2) is 0 Å². The molecule has 1 aromatic carbocycles. The van der Waals surface area contributed by atoms with Crippen LogP contribution in [0.25, 0.3) is 0 Å². The number of nitrogens with one attached hydrogen (secondary N) is 1. The summed E-state index contributed by atoms with van der Waals surface area (Å²) >= 11 is 0. The molecule has 1 aliphatic rings. The fraction of sp³-hybridized carbons (Fsp3) is 0.647. The van der Waals surface area contributed by atoms with E-state index in [0.29, 0.717) is 6.04 Å². The second kappa shape index (κ2) is 7.65. The summed E-state index contributed by atoms with van der Waals surface area (Å²) in [5, 5.41) is 3.45. The van der Waals surface area contributed by atoms with E-state index in [9.17, 15) is 0 Å². The molecular weight excluding hydrogens is 248 g/mol. The smallest absolute Gasteiger partial charge is 0.0491 e. The first-order valence-corrected chi connectivity index (χ1v) is 7.75. The van der Waals surface area contributed by atoms with E-state index in [2.05, 4.69) is 48.3 Å². The SMILES string of the molecule is COCC1CCN(c2ccc(CNC(C)C)cc2)CC1. The zero-order chi connectivity index (χ0) is 14.4. The van der Waals surface area contributed by atoms with Gasteiger partial charge in [0.05, 0.1) is 0 Å². The maximum atomic E-state index is 5.26. The Morgan fingerprint density at radius 2 is 1.85 bits per heavy atom. The lowest BCUT2D eigenvalue weighted by atomic mass is 9.97. The summed E-state index contributed by atoms with van der Waals surface area (Å²) in [4.78, 5) is 2.49. The molecule has 1 saturated heterocycles. The molecule has 112 valence electrons. The van der Waals surface area contributed by atoms with Gasteiger partial charge in [-0.1, -0.05) is 26.0 Å². The Balaban J connectivity index is 1.84. The normalized spacial score (nSPS) is 16.9. The number of methoxy groups -OCH3 is 1. The molecule has 0 atom stereocenters. The number of hydrogen-bond donors (Lipinski definition) is 1. The number of anilines is 1. The number of benzene rings is 1. The van der Waals surface area contributed by atoms with Crippen molar-refractivity contribution in [3.05, 3.63) is 29.8 Å². The van der Waals surface area contributed by atoms with Crippen LogP contribution < -0.4 is 10.2 Å². The third-order valence-corrected chi connectivity index (χ3v) is 4.03. The first-order valence-electron chi connectivity index (χ1n) is 7.75. The van der Waals surface area contributed by atoms with Crippen molar-refractivity contribution in [1.82, 2.24) is 5.32 Å². The average Bonchev–Trinajstić information content (AvgIpc) is 2.47. The minimum absolute atomic E-state index is 0.537. The highest BCUT2D eigenvalue weighted by Gasteiger charge is 2.19. The molecule has 1 aliphatic heterocycles. The fourth-order valence-electron chi connectivity index (χ4n) is 2.74. The van der Waals surface area contributed by atoms with Gasteiger partial charge in [0, 0.05) is 45.1 Å². The molecule has 3 nitrogen and oxygen atoms in total. The maximum Gasteiger partial charge on any atom is 0.0491 e. The summed E-state index contributed by atoms with van der Waals surface area (Å²) in [5.41, 5.74) is 2.71. The third kappa shape index (κ3) is 4.50. The summed E-state index contributed by atoms with van der Waals surface area (Å²) in [6.45, 7) is 8.52. The standard InChI is InChI=1S/C17H28N2O/c1-14(2)18-12-15-4-6-17(7-5-15)19-10-8-16(9-11-19)13-20-3/h4-7,14,16,18H,8-13H2,1-3H3. The van der Waals surface area contributed by atoms with Gasteiger partial charge in [0.1, 0.15) is 0 Å². The third-order valence-electron chi connectivity index (χ3n) is 4.03. The molecule has 2 rings (SSSR count). The Kier molecular flexibility index (Phi) is 5.86. The minimum Gasteiger partial charge on any atom is -0.384 e. The lowest BCUT2D eigenvalue weighted by molar-refractivity contribution is 0.139. The molecular formula is C17H28N2O. The highest BCUT2D eigenvalue weighted by Crippen LogP contribution is 2.23. The van der Waals surface area contributed by atoms with Crippen LogP contribution in [0, 0.1) is 5.92 Å². The van der Waals surface area contributed by atoms with Crippen LogP contribution in [0.3, 0.4) is 0 Å². The highest BCUT2D eigenvalue weighted by atomic mass is 16.5. The quantitative estimate of drug-likeness (QED) is 0.864. The van der Waals surface area contributed by atoms with E-state index in [0.717, 1.165) is 32.2 Å². The van der Waals surface area contributed by atoms with Gasteiger partial charge < -0.3 is 15.0 Å². The van der Waals surface area contributed by atoms with E-state index >= 15 is 0 Å². The molecule has 1 aromatic rings. The molecule has 0 bridgehead atoms. The average molecular weight is 276 g/mol. The monoisotopic (exact) mass is 276 g/mol. The van der Waals surface area contributed by atoms with E-state index in [1.807, 2.05) is 0 Å². The molecule has 3 heteroatoms. The van der Waals surface area contributed by atoms with Crippen LogP contribution in [0.15, 0.2) is 24.3 Å². The molecule has 0 radical (unpaired) electrons. The van der Waals surface area contributed by atoms with Gasteiger partial charge in [-0.2, -0.15) is 0 Å². The van der Waals surface area contributed by atoms with Gasteiger partial charge in [0.15, 0.2) is 0 Å². The number of nitrogens with zero attached hydrogens (tertiary/aromatic N) is 1. The van der Waals surface area contributed by atoms with Crippen molar-refractivity contribution in [1.29, 1.82) is 0 Å². The number of hydrogen-bond acceptors (Lipinski definition) is 3. The molecule has 1 N–H and O–H groups in total. The predicted molar refractivity (Wildman–Crippen MR) is 85.2 cm³/mol. The lowest BCUT2D eigenvalue weighted by Crippen LogP contribution is -2.34. The summed E-state index contributed by atoms with van der Waals surface area (Å²) in [6, 6.07) is 9.54. The Bertz CT molecular complexity index is 380. The minimum atomic E-state index is 0.537. The summed E-state index contributed by atoms with van der Waals surface area (Å²) < 4.78 is 5.26. The molecule has 20 heavy (non-hydrogen) atoms. The first kappa shape index (κ1) is 15.3. The van der Waals surface area contributed by atoms with Crippen LogP contribution in [-0.2, 0) is 11.3 Å². The number of rotatable bonds is 6. The van der Waals surface area contributed by atoms with Crippen LogP contribution in [0.4, 0.5) is 5.69 Å². The van der Waals surface area contributed by atoms with Crippen molar-refractivity contribution in [3.8, 4) is 0 Å². The van der Waals surface area contributed by atoms with Crippen LogP contribution in [0.1, 0.15) is 32.3 Å². The molecule has 0 unspecified atom stereocenters. The topological polar surface area (TPSA) is 24.5 Å². The number of ether oxygens (including phenoxy) is 1. The van der Waals surface area contributed by atoms with Crippen LogP contribution >= 0.6 is 0 Å². The molecule has 0 aromatic heterocycles. The van der Waals surface area contributed by atoms with Gasteiger partial charge in [0.25, 0.3) is 0 Å². The van der Waals surface area contributed by atoms with Crippen molar-refractivity contribution in [2.75, 3.05) is 31.7 Å². The van der Waals surface area contributed by atoms with Crippen LogP contribution in [0.5, 0.6) is 0 Å². The molecule has 1 fully saturated rings. The lowest BCUT2D eigenvalue weighted by Gasteiger charge is -2.33. The van der Waals surface area contributed by atoms with Crippen molar-refractivity contribution in [2.24, 2.45) is 5.92 Å². The van der Waals surface area contributed by atoms with Gasteiger partial charge in [-0.05, 0) is 36.5 Å². The Morgan fingerprint density at radius 3 is 2.40 bits per heavy atom. The van der Waals surface area contributed by atoms with Crippen LogP contribution in [-0.4, -0.2) is 32.8 Å². The summed E-state index contributed by atoms with van der Waals surface area (Å²) in [6.07, 6.45) is 2.48. The zero-order valence-corrected chi connectivity index (χ0v) is 13.1. The Labute approximate surface area is 123 Å². The van der Waals surface area contributed by atoms with Gasteiger partial charge in [-0.15, -0.1) is 0 Å². The maximum absolute atomic E-state index is 5.26. The fourth-order valence-corrected chi connectivity index (χ4v) is 2.74. The van der Waals surface area contributed by atoms with E-state index in [1.54, 1.807) is 7.11 Å². The second-order valence-electron chi connectivity index (χ2n) is 6.09. The van der Waals surface area contributed by atoms with Gasteiger partial charge >= 0.3 is 0 Å². The van der Waals surface area contributed by atoms with Crippen molar-refractivity contribution < 1.29 is 4.74 Å². The molecule has 0 saturated carbocycles. The summed E-state index contributed by atoms with van der Waals surface area (Å²) in [5.74, 6) is 0.741. The first-order chi connectivity index (χ1) is 9.69.